The summed E-state index contributed by atoms with van der Waals surface area (Å²) < 4.78 is 25.2. The lowest BCUT2D eigenvalue weighted by Crippen LogP contribution is -2.10. The molecule has 0 aliphatic heterocycles. The van der Waals surface area contributed by atoms with Gasteiger partial charge >= 0.3 is 0 Å². The number of anilines is 4. The third-order valence-corrected chi connectivity index (χ3v) is 5.39. The van der Waals surface area contributed by atoms with E-state index in [0.717, 1.165) is 40.9 Å². The van der Waals surface area contributed by atoms with Crippen molar-refractivity contribution in [3.8, 4) is 10.6 Å². The number of nitrogens with two attached hydrogens (primary N) is 1. The van der Waals surface area contributed by atoms with Gasteiger partial charge in [-0.15, -0.1) is 0 Å². The second-order valence-electron chi connectivity index (χ2n) is 5.98. The molecular formula is C16H16N6O2S2. The molecule has 0 bridgehead atoms. The standard InChI is InChI=1S/C16H16N6O2S2/c1-26(23,24)22-11-4-2-3-10(7-11)19-16-18-8-9-5-6-12-14(13(9)21-16)25-15(17)20-12/h2-4,7-8,22H,5-6H2,1H3,(H2,17,20)(H,18,19,21). The third-order valence-electron chi connectivity index (χ3n) is 3.85. The molecule has 0 saturated carbocycles. The molecule has 0 fully saturated rings. The Balaban J connectivity index is 1.64. The summed E-state index contributed by atoms with van der Waals surface area (Å²) in [5.41, 5.74) is 9.88. The van der Waals surface area contributed by atoms with Crippen molar-refractivity contribution in [3.05, 3.63) is 41.7 Å². The van der Waals surface area contributed by atoms with Crippen molar-refractivity contribution in [1.29, 1.82) is 0 Å². The van der Waals surface area contributed by atoms with Crippen LogP contribution in [0.2, 0.25) is 0 Å². The molecule has 1 aromatic carbocycles. The summed E-state index contributed by atoms with van der Waals surface area (Å²) in [7, 11) is -3.34. The summed E-state index contributed by atoms with van der Waals surface area (Å²) in [6, 6.07) is 6.91. The van der Waals surface area contributed by atoms with Crippen molar-refractivity contribution in [1.82, 2.24) is 15.0 Å². The van der Waals surface area contributed by atoms with E-state index in [1.165, 1.54) is 11.3 Å². The molecule has 0 radical (unpaired) electrons. The Labute approximate surface area is 154 Å². The highest BCUT2D eigenvalue weighted by molar-refractivity contribution is 7.92. The van der Waals surface area contributed by atoms with Crippen LogP contribution in [0.15, 0.2) is 30.5 Å². The first-order valence-electron chi connectivity index (χ1n) is 7.84. The lowest BCUT2D eigenvalue weighted by molar-refractivity contribution is 0.607. The van der Waals surface area contributed by atoms with Gasteiger partial charge in [0.25, 0.3) is 0 Å². The Morgan fingerprint density at radius 3 is 2.81 bits per heavy atom. The number of rotatable bonds is 4. The second-order valence-corrected chi connectivity index (χ2v) is 8.75. The van der Waals surface area contributed by atoms with Crippen LogP contribution in [0, 0.1) is 0 Å². The van der Waals surface area contributed by atoms with Crippen LogP contribution < -0.4 is 15.8 Å². The smallest absolute Gasteiger partial charge is 0.229 e. The van der Waals surface area contributed by atoms with Gasteiger partial charge in [0.1, 0.15) is 0 Å². The van der Waals surface area contributed by atoms with Crippen LogP contribution in [0.5, 0.6) is 0 Å². The van der Waals surface area contributed by atoms with Gasteiger partial charge < -0.3 is 11.1 Å². The van der Waals surface area contributed by atoms with Crippen LogP contribution in [0.3, 0.4) is 0 Å². The zero-order chi connectivity index (χ0) is 18.3. The predicted octanol–water partition coefficient (Wildman–Crippen LogP) is 2.40. The minimum Gasteiger partial charge on any atom is -0.375 e. The summed E-state index contributed by atoms with van der Waals surface area (Å²) in [6.45, 7) is 0. The topological polar surface area (TPSA) is 123 Å². The fourth-order valence-corrected chi connectivity index (χ4v) is 4.29. The van der Waals surface area contributed by atoms with E-state index in [2.05, 4.69) is 25.0 Å². The predicted molar refractivity (Wildman–Crippen MR) is 103 cm³/mol. The van der Waals surface area contributed by atoms with Crippen LogP contribution in [-0.2, 0) is 22.9 Å². The van der Waals surface area contributed by atoms with E-state index >= 15 is 0 Å². The third kappa shape index (κ3) is 3.46. The molecular weight excluding hydrogens is 372 g/mol. The SMILES string of the molecule is CS(=O)(=O)Nc1cccc(Nc2ncc3c(n2)-c2sc(N)nc2CC3)c1. The molecule has 0 saturated heterocycles. The van der Waals surface area contributed by atoms with E-state index in [1.54, 1.807) is 18.2 Å². The molecule has 8 nitrogen and oxygen atoms in total. The average Bonchev–Trinajstić information content (AvgIpc) is 2.94. The molecule has 0 unspecified atom stereocenters. The maximum absolute atomic E-state index is 11.4. The van der Waals surface area contributed by atoms with Gasteiger partial charge in [-0.1, -0.05) is 17.4 Å². The Bertz CT molecular complexity index is 1090. The van der Waals surface area contributed by atoms with E-state index in [4.69, 9.17) is 5.73 Å². The highest BCUT2D eigenvalue weighted by atomic mass is 32.2. The minimum atomic E-state index is -3.34. The lowest BCUT2D eigenvalue weighted by atomic mass is 10.00. The molecule has 134 valence electrons. The highest BCUT2D eigenvalue weighted by Gasteiger charge is 2.22. The van der Waals surface area contributed by atoms with Crippen LogP contribution in [0.25, 0.3) is 10.6 Å². The Kier molecular flexibility index (Phi) is 4.00. The van der Waals surface area contributed by atoms with E-state index < -0.39 is 10.0 Å². The first-order chi connectivity index (χ1) is 12.4. The number of aryl methyl sites for hydroxylation is 2. The molecule has 0 amide bonds. The number of sulfonamides is 1. The van der Waals surface area contributed by atoms with Crippen molar-refractivity contribution in [3.63, 3.8) is 0 Å². The summed E-state index contributed by atoms with van der Waals surface area (Å²) in [5.74, 6) is 0.431. The van der Waals surface area contributed by atoms with Crippen molar-refractivity contribution >= 4 is 43.8 Å². The molecule has 3 aromatic rings. The quantitative estimate of drug-likeness (QED) is 0.627. The minimum absolute atomic E-state index is 0.431. The van der Waals surface area contributed by atoms with Gasteiger partial charge in [0, 0.05) is 11.9 Å². The fourth-order valence-electron chi connectivity index (χ4n) is 2.83. The van der Waals surface area contributed by atoms with Gasteiger partial charge in [0.05, 0.1) is 28.2 Å². The van der Waals surface area contributed by atoms with Crippen LogP contribution in [0.4, 0.5) is 22.5 Å². The highest BCUT2D eigenvalue weighted by Crippen LogP contribution is 2.37. The number of nitrogens with one attached hydrogen (secondary N) is 2. The summed E-state index contributed by atoms with van der Waals surface area (Å²) in [5, 5.41) is 3.65. The van der Waals surface area contributed by atoms with Crippen LogP contribution in [-0.4, -0.2) is 29.6 Å². The monoisotopic (exact) mass is 388 g/mol. The van der Waals surface area contributed by atoms with Gasteiger partial charge in [-0.25, -0.2) is 23.4 Å². The Morgan fingerprint density at radius 2 is 2.00 bits per heavy atom. The van der Waals surface area contributed by atoms with Crippen molar-refractivity contribution in [2.45, 2.75) is 12.8 Å². The number of nitrogen functional groups attached to an aromatic ring is 1. The molecule has 0 atom stereocenters. The van der Waals surface area contributed by atoms with E-state index in [1.807, 2.05) is 12.3 Å². The number of thiazole rings is 1. The number of benzene rings is 1. The zero-order valence-electron chi connectivity index (χ0n) is 13.9. The van der Waals surface area contributed by atoms with Gasteiger partial charge in [-0.05, 0) is 36.6 Å². The molecule has 26 heavy (non-hydrogen) atoms. The van der Waals surface area contributed by atoms with Gasteiger partial charge in [0.2, 0.25) is 16.0 Å². The molecule has 4 N–H and O–H groups in total. The average molecular weight is 388 g/mol. The number of hydrogen-bond donors (Lipinski definition) is 3. The van der Waals surface area contributed by atoms with Gasteiger partial charge in [-0.2, -0.15) is 0 Å². The molecule has 2 heterocycles. The van der Waals surface area contributed by atoms with E-state index in [-0.39, 0.29) is 0 Å². The maximum atomic E-state index is 11.4. The first-order valence-corrected chi connectivity index (χ1v) is 10.5. The Hall–Kier alpha value is -2.72. The number of nitrogens with zero attached hydrogens (tertiary/aromatic N) is 3. The van der Waals surface area contributed by atoms with Crippen LogP contribution in [0.1, 0.15) is 11.3 Å². The number of aromatic nitrogens is 3. The van der Waals surface area contributed by atoms with Crippen molar-refractivity contribution in [2.24, 2.45) is 0 Å². The molecule has 1 aliphatic carbocycles. The molecule has 1 aliphatic rings. The molecule has 4 rings (SSSR count). The first kappa shape index (κ1) is 16.7. The number of hydrogen-bond acceptors (Lipinski definition) is 8. The van der Waals surface area contributed by atoms with Crippen molar-refractivity contribution < 1.29 is 8.42 Å². The second kappa shape index (κ2) is 6.22. The fraction of sp³-hybridized carbons (Fsp3) is 0.188. The molecule has 2 aromatic heterocycles. The Morgan fingerprint density at radius 1 is 1.19 bits per heavy atom. The number of fused-ring (bicyclic) bond motifs is 3. The van der Waals surface area contributed by atoms with Gasteiger partial charge in [-0.3, -0.25) is 4.72 Å². The summed E-state index contributed by atoms with van der Waals surface area (Å²) in [4.78, 5) is 14.3. The van der Waals surface area contributed by atoms with Crippen LogP contribution >= 0.6 is 11.3 Å². The maximum Gasteiger partial charge on any atom is 0.229 e. The normalized spacial score (nSPS) is 13.0. The van der Waals surface area contributed by atoms with E-state index in [9.17, 15) is 8.42 Å². The van der Waals surface area contributed by atoms with E-state index in [0.29, 0.717) is 22.5 Å². The summed E-state index contributed by atoms with van der Waals surface area (Å²) in [6.07, 6.45) is 4.59. The molecule has 10 heteroatoms. The zero-order valence-corrected chi connectivity index (χ0v) is 15.5. The molecule has 0 spiro atoms. The van der Waals surface area contributed by atoms with Gasteiger partial charge in [0.15, 0.2) is 5.13 Å². The van der Waals surface area contributed by atoms with Crippen molar-refractivity contribution in [2.75, 3.05) is 22.0 Å². The largest absolute Gasteiger partial charge is 0.375 e. The lowest BCUT2D eigenvalue weighted by Gasteiger charge is -2.15. The summed E-state index contributed by atoms with van der Waals surface area (Å²) >= 11 is 1.43.